The van der Waals surface area contributed by atoms with Crippen molar-refractivity contribution >= 4 is 5.78 Å². The first kappa shape index (κ1) is 15.0. The lowest BCUT2D eigenvalue weighted by molar-refractivity contribution is -0.117. The molecule has 1 nitrogen and oxygen atoms in total. The largest absolute Gasteiger partial charge is 0.295 e. The van der Waals surface area contributed by atoms with Crippen molar-refractivity contribution in [3.63, 3.8) is 0 Å². The summed E-state index contributed by atoms with van der Waals surface area (Å²) in [6.45, 7) is 7.52. The number of carbonyl (C=O) groups excluding carboxylic acids is 1. The standard InChI is InChI=1S/C21H32O/c1-4-14-6-8-18-17-7-5-15-13-16(22)9-11-21(15,3)19(17)10-12-20(14,18)2/h13-14,17-19H,4-12H2,1-3H3/t14-,17-,18-,19-,20+,21+/m0/s1. The Kier molecular flexibility index (Phi) is 3.37. The van der Waals surface area contributed by atoms with Gasteiger partial charge < -0.3 is 0 Å². The summed E-state index contributed by atoms with van der Waals surface area (Å²) in [7, 11) is 0. The highest BCUT2D eigenvalue weighted by atomic mass is 16.1. The zero-order valence-electron chi connectivity index (χ0n) is 14.7. The molecule has 0 bridgehead atoms. The maximum atomic E-state index is 11.9. The van der Waals surface area contributed by atoms with E-state index in [1.807, 2.05) is 6.08 Å². The molecule has 6 atom stereocenters. The van der Waals surface area contributed by atoms with Crippen LogP contribution in [0.5, 0.6) is 0 Å². The predicted octanol–water partition coefficient (Wildman–Crippen LogP) is 5.54. The number of carbonyl (C=O) groups is 1. The van der Waals surface area contributed by atoms with E-state index in [0.29, 0.717) is 16.6 Å². The topological polar surface area (TPSA) is 17.1 Å². The van der Waals surface area contributed by atoms with Gasteiger partial charge in [0.1, 0.15) is 0 Å². The lowest BCUT2D eigenvalue weighted by atomic mass is 9.47. The maximum Gasteiger partial charge on any atom is 0.155 e. The molecule has 0 heterocycles. The Hall–Kier alpha value is -0.590. The van der Waals surface area contributed by atoms with Gasteiger partial charge in [-0.3, -0.25) is 4.79 Å². The highest BCUT2D eigenvalue weighted by Gasteiger charge is 2.58. The van der Waals surface area contributed by atoms with E-state index in [2.05, 4.69) is 20.8 Å². The van der Waals surface area contributed by atoms with Crippen molar-refractivity contribution in [2.45, 2.75) is 78.6 Å². The zero-order chi connectivity index (χ0) is 15.5. The van der Waals surface area contributed by atoms with Gasteiger partial charge in [0.15, 0.2) is 5.78 Å². The van der Waals surface area contributed by atoms with E-state index >= 15 is 0 Å². The molecular weight excluding hydrogens is 268 g/mol. The van der Waals surface area contributed by atoms with E-state index in [0.717, 1.165) is 36.5 Å². The predicted molar refractivity (Wildman–Crippen MR) is 90.5 cm³/mol. The van der Waals surface area contributed by atoms with Crippen molar-refractivity contribution in [3.8, 4) is 0 Å². The van der Waals surface area contributed by atoms with Crippen LogP contribution in [0, 0.1) is 34.5 Å². The first-order valence-electron chi connectivity index (χ1n) is 9.73. The van der Waals surface area contributed by atoms with Gasteiger partial charge >= 0.3 is 0 Å². The van der Waals surface area contributed by atoms with Crippen molar-refractivity contribution < 1.29 is 4.79 Å². The number of ketones is 1. The molecule has 0 aliphatic heterocycles. The van der Waals surface area contributed by atoms with Crippen LogP contribution in [0.2, 0.25) is 0 Å². The zero-order valence-corrected chi connectivity index (χ0v) is 14.7. The fourth-order valence-corrected chi connectivity index (χ4v) is 7.34. The molecule has 22 heavy (non-hydrogen) atoms. The number of hydrogen-bond acceptors (Lipinski definition) is 1. The first-order chi connectivity index (χ1) is 10.5. The highest BCUT2D eigenvalue weighted by molar-refractivity contribution is 5.91. The Morgan fingerprint density at radius 3 is 2.64 bits per heavy atom. The monoisotopic (exact) mass is 300 g/mol. The molecule has 0 saturated heterocycles. The van der Waals surface area contributed by atoms with Crippen LogP contribution in [0.4, 0.5) is 0 Å². The number of rotatable bonds is 1. The van der Waals surface area contributed by atoms with Crippen molar-refractivity contribution in [1.82, 2.24) is 0 Å². The molecule has 0 radical (unpaired) electrons. The third-order valence-electron chi connectivity index (χ3n) is 8.65. The molecule has 0 aromatic heterocycles. The molecule has 0 unspecified atom stereocenters. The van der Waals surface area contributed by atoms with Crippen LogP contribution >= 0.6 is 0 Å². The molecular formula is C21H32O. The van der Waals surface area contributed by atoms with Crippen molar-refractivity contribution in [2.75, 3.05) is 0 Å². The van der Waals surface area contributed by atoms with Gasteiger partial charge in [-0.1, -0.05) is 32.8 Å². The normalized spacial score (nSPS) is 50.9. The van der Waals surface area contributed by atoms with Crippen molar-refractivity contribution in [2.24, 2.45) is 34.5 Å². The molecule has 0 aromatic rings. The molecule has 3 saturated carbocycles. The lowest BCUT2D eigenvalue weighted by Gasteiger charge is -2.58. The summed E-state index contributed by atoms with van der Waals surface area (Å²) in [5, 5.41) is 0. The van der Waals surface area contributed by atoms with E-state index in [4.69, 9.17) is 0 Å². The smallest absolute Gasteiger partial charge is 0.155 e. The van der Waals surface area contributed by atoms with Crippen LogP contribution in [-0.4, -0.2) is 5.78 Å². The van der Waals surface area contributed by atoms with Gasteiger partial charge in [-0.2, -0.15) is 0 Å². The second-order valence-electron chi connectivity index (χ2n) is 9.20. The third-order valence-corrected chi connectivity index (χ3v) is 8.65. The number of hydrogen-bond donors (Lipinski definition) is 0. The fraction of sp³-hybridized carbons (Fsp3) is 0.857. The minimum absolute atomic E-state index is 0.350. The average molecular weight is 300 g/mol. The molecule has 4 aliphatic carbocycles. The summed E-state index contributed by atoms with van der Waals surface area (Å²) in [4.78, 5) is 11.9. The Bertz CT molecular complexity index is 518. The molecule has 1 heteroatoms. The maximum absolute atomic E-state index is 11.9. The second kappa shape index (κ2) is 4.95. The Labute approximate surface area is 135 Å². The molecule has 4 aliphatic rings. The van der Waals surface area contributed by atoms with Gasteiger partial charge in [0.05, 0.1) is 0 Å². The molecule has 0 amide bonds. The highest BCUT2D eigenvalue weighted by Crippen LogP contribution is 2.66. The van der Waals surface area contributed by atoms with Crippen LogP contribution in [0.1, 0.15) is 78.6 Å². The van der Waals surface area contributed by atoms with Crippen LogP contribution < -0.4 is 0 Å². The van der Waals surface area contributed by atoms with Gasteiger partial charge in [0.25, 0.3) is 0 Å². The van der Waals surface area contributed by atoms with Gasteiger partial charge in [0.2, 0.25) is 0 Å². The fourth-order valence-electron chi connectivity index (χ4n) is 7.34. The summed E-state index contributed by atoms with van der Waals surface area (Å²) in [6, 6.07) is 0. The van der Waals surface area contributed by atoms with Crippen LogP contribution in [-0.2, 0) is 4.79 Å². The summed E-state index contributed by atoms with van der Waals surface area (Å²) in [6.07, 6.45) is 13.7. The van der Waals surface area contributed by atoms with Gasteiger partial charge in [0, 0.05) is 6.42 Å². The van der Waals surface area contributed by atoms with Gasteiger partial charge in [-0.15, -0.1) is 0 Å². The Balaban J connectivity index is 1.67. The van der Waals surface area contributed by atoms with E-state index in [1.54, 1.807) is 0 Å². The molecule has 0 N–H and O–H groups in total. The quantitative estimate of drug-likeness (QED) is 0.621. The van der Waals surface area contributed by atoms with Gasteiger partial charge in [-0.25, -0.2) is 0 Å². The molecule has 122 valence electrons. The summed E-state index contributed by atoms with van der Waals surface area (Å²) >= 11 is 0. The van der Waals surface area contributed by atoms with Crippen LogP contribution in [0.3, 0.4) is 0 Å². The lowest BCUT2D eigenvalue weighted by Crippen LogP contribution is -2.50. The van der Waals surface area contributed by atoms with E-state index in [-0.39, 0.29) is 0 Å². The van der Waals surface area contributed by atoms with Crippen LogP contribution in [0.15, 0.2) is 11.6 Å². The molecule has 0 aromatic carbocycles. The Morgan fingerprint density at radius 1 is 1.05 bits per heavy atom. The minimum Gasteiger partial charge on any atom is -0.295 e. The third kappa shape index (κ3) is 1.86. The molecule has 4 rings (SSSR count). The summed E-state index contributed by atoms with van der Waals surface area (Å²) in [5.74, 6) is 4.11. The van der Waals surface area contributed by atoms with Crippen molar-refractivity contribution in [3.05, 3.63) is 11.6 Å². The summed E-state index contributed by atoms with van der Waals surface area (Å²) < 4.78 is 0. The SMILES string of the molecule is CC[C@H]1CC[C@H]2[C@@H]3CCC4=CC(=O)CC[C@@]4(C)[C@H]3CC[C@]12C. The van der Waals surface area contributed by atoms with Crippen LogP contribution in [0.25, 0.3) is 0 Å². The van der Waals surface area contributed by atoms with E-state index in [1.165, 1.54) is 50.5 Å². The second-order valence-corrected chi connectivity index (χ2v) is 9.20. The number of allylic oxidation sites excluding steroid dienone is 1. The Morgan fingerprint density at radius 2 is 1.86 bits per heavy atom. The number of fused-ring (bicyclic) bond motifs is 5. The minimum atomic E-state index is 0.350. The average Bonchev–Trinajstić information content (AvgIpc) is 2.84. The van der Waals surface area contributed by atoms with Gasteiger partial charge in [-0.05, 0) is 85.5 Å². The summed E-state index contributed by atoms with van der Waals surface area (Å²) in [5.41, 5.74) is 2.49. The molecule has 3 fully saturated rings. The van der Waals surface area contributed by atoms with Crippen molar-refractivity contribution in [1.29, 1.82) is 0 Å². The first-order valence-corrected chi connectivity index (χ1v) is 9.73. The van der Waals surface area contributed by atoms with E-state index < -0.39 is 0 Å². The molecule has 0 spiro atoms. The van der Waals surface area contributed by atoms with E-state index in [9.17, 15) is 4.79 Å².